The smallest absolute Gasteiger partial charge is 0.303 e. The molecule has 0 radical (unpaired) electrons. The van der Waals surface area contributed by atoms with Gasteiger partial charge in [0, 0.05) is 36.4 Å². The second kappa shape index (κ2) is 9.91. The van der Waals surface area contributed by atoms with Crippen LogP contribution < -0.4 is 0 Å². The molecule has 3 aromatic rings. The molecule has 4 rings (SSSR count). The van der Waals surface area contributed by atoms with Crippen molar-refractivity contribution < 1.29 is 19.1 Å². The van der Waals surface area contributed by atoms with Gasteiger partial charge in [-0.1, -0.05) is 47.5 Å². The fourth-order valence-electron chi connectivity index (χ4n) is 4.04. The molecule has 1 fully saturated rings. The Morgan fingerprint density at radius 3 is 2.06 bits per heavy atom. The first kappa shape index (κ1) is 23.2. The maximum atomic E-state index is 13.6. The van der Waals surface area contributed by atoms with Gasteiger partial charge in [0.1, 0.15) is 6.10 Å². The van der Waals surface area contributed by atoms with Crippen LogP contribution in [-0.4, -0.2) is 34.9 Å². The molecule has 1 aromatic heterocycles. The Morgan fingerprint density at radius 2 is 1.52 bits per heavy atom. The number of ether oxygens (including phenoxy) is 2. The lowest BCUT2D eigenvalue weighted by molar-refractivity contribution is -0.193. The minimum absolute atomic E-state index is 0.303. The lowest BCUT2D eigenvalue weighted by atomic mass is 9.90. The van der Waals surface area contributed by atoms with Crippen LogP contribution in [0, 0.1) is 0 Å². The number of hydrogen-bond donors (Lipinski definition) is 0. The van der Waals surface area contributed by atoms with Crippen molar-refractivity contribution in [2.24, 2.45) is 0 Å². The van der Waals surface area contributed by atoms with Gasteiger partial charge in [-0.3, -0.25) is 14.6 Å². The maximum absolute atomic E-state index is 13.6. The van der Waals surface area contributed by atoms with Crippen molar-refractivity contribution >= 4 is 35.1 Å². The summed E-state index contributed by atoms with van der Waals surface area (Å²) in [6.07, 6.45) is 0.634. The SMILES string of the molecule is CC(=O)OC(c1ccncc1)[C@@H]1O[C@@H](c2ccc(Cl)cc2)C(c2ccc(Cl)cc2)N(C)C1=O. The van der Waals surface area contributed by atoms with Gasteiger partial charge in [-0.15, -0.1) is 0 Å². The molecule has 1 aliphatic heterocycles. The van der Waals surface area contributed by atoms with E-state index in [0.29, 0.717) is 15.6 Å². The van der Waals surface area contributed by atoms with E-state index in [1.54, 1.807) is 60.7 Å². The average molecular weight is 485 g/mol. The number of halogens is 2. The first-order chi connectivity index (χ1) is 15.8. The van der Waals surface area contributed by atoms with Gasteiger partial charge >= 0.3 is 5.97 Å². The predicted octanol–water partition coefficient (Wildman–Crippen LogP) is 5.33. The Bertz CT molecular complexity index is 1120. The monoisotopic (exact) mass is 484 g/mol. The van der Waals surface area contributed by atoms with E-state index >= 15 is 0 Å². The second-order valence-electron chi connectivity index (χ2n) is 7.78. The molecule has 2 heterocycles. The molecular formula is C25H22Cl2N2O4. The summed E-state index contributed by atoms with van der Waals surface area (Å²) in [5.74, 6) is -0.818. The van der Waals surface area contributed by atoms with Gasteiger partial charge in [-0.05, 0) is 53.1 Å². The predicted molar refractivity (Wildman–Crippen MR) is 125 cm³/mol. The Labute approximate surface area is 202 Å². The minimum atomic E-state index is -1.05. The third-order valence-electron chi connectivity index (χ3n) is 5.60. The van der Waals surface area contributed by atoms with E-state index in [1.807, 2.05) is 24.3 Å². The molecule has 2 aromatic carbocycles. The summed E-state index contributed by atoms with van der Waals surface area (Å²) >= 11 is 12.2. The summed E-state index contributed by atoms with van der Waals surface area (Å²) in [6, 6.07) is 17.5. The molecule has 4 atom stereocenters. The first-order valence-corrected chi connectivity index (χ1v) is 11.1. The third-order valence-corrected chi connectivity index (χ3v) is 6.10. The molecule has 0 spiro atoms. The fourth-order valence-corrected chi connectivity index (χ4v) is 4.29. The van der Waals surface area contributed by atoms with Crippen molar-refractivity contribution in [2.45, 2.75) is 31.3 Å². The molecule has 1 amide bonds. The van der Waals surface area contributed by atoms with Crippen LogP contribution in [0.5, 0.6) is 0 Å². The fraction of sp³-hybridized carbons (Fsp3) is 0.240. The molecule has 0 aliphatic carbocycles. The summed E-state index contributed by atoms with van der Waals surface area (Å²) < 4.78 is 12.0. The molecule has 6 nitrogen and oxygen atoms in total. The summed E-state index contributed by atoms with van der Waals surface area (Å²) in [5.41, 5.74) is 2.31. The average Bonchev–Trinajstić information content (AvgIpc) is 2.81. The van der Waals surface area contributed by atoms with Gasteiger partial charge < -0.3 is 14.4 Å². The van der Waals surface area contributed by atoms with Crippen LogP contribution >= 0.6 is 23.2 Å². The number of hydrogen-bond acceptors (Lipinski definition) is 5. The molecule has 1 saturated heterocycles. The van der Waals surface area contributed by atoms with Crippen molar-refractivity contribution in [2.75, 3.05) is 7.05 Å². The zero-order chi connectivity index (χ0) is 23.5. The number of nitrogens with zero attached hydrogens (tertiary/aromatic N) is 2. The van der Waals surface area contributed by atoms with Gasteiger partial charge in [0.2, 0.25) is 0 Å². The molecular weight excluding hydrogens is 463 g/mol. The molecule has 8 heteroatoms. The molecule has 0 bridgehead atoms. The number of aromatic nitrogens is 1. The van der Waals surface area contributed by atoms with Crippen LogP contribution in [0.25, 0.3) is 0 Å². The highest BCUT2D eigenvalue weighted by Gasteiger charge is 2.47. The number of carbonyl (C=O) groups is 2. The van der Waals surface area contributed by atoms with Crippen LogP contribution in [0.4, 0.5) is 0 Å². The van der Waals surface area contributed by atoms with Crippen molar-refractivity contribution in [1.82, 2.24) is 9.88 Å². The van der Waals surface area contributed by atoms with E-state index in [-0.39, 0.29) is 5.91 Å². The van der Waals surface area contributed by atoms with Crippen molar-refractivity contribution in [3.8, 4) is 0 Å². The summed E-state index contributed by atoms with van der Waals surface area (Å²) in [4.78, 5) is 31.1. The number of carbonyl (C=O) groups excluding carboxylic acids is 2. The van der Waals surface area contributed by atoms with Gasteiger partial charge in [0.15, 0.2) is 12.2 Å². The number of morpholine rings is 1. The molecule has 0 N–H and O–H groups in total. The van der Waals surface area contributed by atoms with Crippen LogP contribution in [-0.2, 0) is 19.1 Å². The summed E-state index contributed by atoms with van der Waals surface area (Å²) in [5, 5.41) is 1.19. The van der Waals surface area contributed by atoms with Crippen LogP contribution in [0.15, 0.2) is 73.1 Å². The Morgan fingerprint density at radius 1 is 0.970 bits per heavy atom. The summed E-state index contributed by atoms with van der Waals surface area (Å²) in [7, 11) is 1.72. The molecule has 33 heavy (non-hydrogen) atoms. The topological polar surface area (TPSA) is 68.7 Å². The highest BCUT2D eigenvalue weighted by Crippen LogP contribution is 2.44. The van der Waals surface area contributed by atoms with Crippen molar-refractivity contribution in [3.05, 3.63) is 99.8 Å². The second-order valence-corrected chi connectivity index (χ2v) is 8.66. The standard InChI is InChI=1S/C25H22Cl2N2O4/c1-15(30)32-23(18-11-13-28-14-12-18)24-25(31)29(2)21(16-3-7-19(26)8-4-16)22(33-24)17-5-9-20(27)10-6-17/h3-14,21-24H,1-2H3/t21?,22-,23?,24-/m0/s1. The molecule has 2 unspecified atom stereocenters. The highest BCUT2D eigenvalue weighted by molar-refractivity contribution is 6.30. The highest BCUT2D eigenvalue weighted by atomic mass is 35.5. The minimum Gasteiger partial charge on any atom is -0.454 e. The Balaban J connectivity index is 1.78. The number of esters is 1. The van der Waals surface area contributed by atoms with E-state index in [4.69, 9.17) is 32.7 Å². The van der Waals surface area contributed by atoms with Gasteiger partial charge in [-0.2, -0.15) is 0 Å². The number of amides is 1. The van der Waals surface area contributed by atoms with Gasteiger partial charge in [0.25, 0.3) is 5.91 Å². The molecule has 1 aliphatic rings. The van der Waals surface area contributed by atoms with Gasteiger partial charge in [-0.25, -0.2) is 0 Å². The van der Waals surface area contributed by atoms with E-state index in [9.17, 15) is 9.59 Å². The number of benzene rings is 2. The van der Waals surface area contributed by atoms with E-state index in [0.717, 1.165) is 11.1 Å². The normalized spacial score (nSPS) is 21.5. The van der Waals surface area contributed by atoms with E-state index < -0.39 is 30.3 Å². The quantitative estimate of drug-likeness (QED) is 0.457. The zero-order valence-corrected chi connectivity index (χ0v) is 19.5. The van der Waals surface area contributed by atoms with Crippen LogP contribution in [0.1, 0.15) is 41.9 Å². The van der Waals surface area contributed by atoms with Crippen molar-refractivity contribution in [1.29, 1.82) is 0 Å². The lowest BCUT2D eigenvalue weighted by Gasteiger charge is -2.44. The van der Waals surface area contributed by atoms with Crippen LogP contribution in [0.3, 0.4) is 0 Å². The van der Waals surface area contributed by atoms with Crippen LogP contribution in [0.2, 0.25) is 10.0 Å². The number of pyridine rings is 1. The third kappa shape index (κ3) is 5.03. The van der Waals surface area contributed by atoms with E-state index in [1.165, 1.54) is 6.92 Å². The number of rotatable bonds is 5. The maximum Gasteiger partial charge on any atom is 0.303 e. The zero-order valence-electron chi connectivity index (χ0n) is 18.0. The summed E-state index contributed by atoms with van der Waals surface area (Å²) in [6.45, 7) is 1.30. The largest absolute Gasteiger partial charge is 0.454 e. The molecule has 0 saturated carbocycles. The molecule has 170 valence electrons. The first-order valence-electron chi connectivity index (χ1n) is 10.4. The van der Waals surface area contributed by atoms with Crippen molar-refractivity contribution in [3.63, 3.8) is 0 Å². The Kier molecular flexibility index (Phi) is 6.98. The number of likely N-dealkylation sites (N-methyl/N-ethyl adjacent to an activating group) is 1. The lowest BCUT2D eigenvalue weighted by Crippen LogP contribution is -2.51. The van der Waals surface area contributed by atoms with Gasteiger partial charge in [0.05, 0.1) is 6.04 Å². The van der Waals surface area contributed by atoms with E-state index in [2.05, 4.69) is 4.98 Å². The Hall–Kier alpha value is -2.93.